The van der Waals surface area contributed by atoms with Gasteiger partial charge in [-0.25, -0.2) is 4.98 Å². The lowest BCUT2D eigenvalue weighted by molar-refractivity contribution is -0.121. The Bertz CT molecular complexity index is 935. The summed E-state index contributed by atoms with van der Waals surface area (Å²) in [5, 5.41) is 4.34. The Hall–Kier alpha value is -2.56. The second-order valence-corrected chi connectivity index (χ2v) is 7.14. The van der Waals surface area contributed by atoms with Crippen LogP contribution in [0.4, 0.5) is 0 Å². The first-order valence-corrected chi connectivity index (χ1v) is 9.27. The van der Waals surface area contributed by atoms with Crippen LogP contribution in [0.1, 0.15) is 54.5 Å². The van der Waals surface area contributed by atoms with Crippen molar-refractivity contribution < 1.29 is 4.79 Å². The molecule has 0 unspecified atom stereocenters. The molecule has 1 atom stereocenters. The summed E-state index contributed by atoms with van der Waals surface area (Å²) in [4.78, 5) is 20.2. The molecule has 5 heteroatoms. The predicted molar refractivity (Wildman–Crippen MR) is 105 cm³/mol. The summed E-state index contributed by atoms with van der Waals surface area (Å²) in [6.07, 6.45) is 5.11. The zero-order chi connectivity index (χ0) is 18.8. The minimum absolute atomic E-state index is 0.0549. The average Bonchev–Trinajstić information content (AvgIpc) is 3.16. The van der Waals surface area contributed by atoms with E-state index in [1.165, 1.54) is 22.2 Å². The molecule has 2 aromatic heterocycles. The number of H-pyrrole nitrogens is 1. The maximum atomic E-state index is 12.4. The van der Waals surface area contributed by atoms with Crippen molar-refractivity contribution in [2.24, 2.45) is 0 Å². The van der Waals surface area contributed by atoms with Gasteiger partial charge in [0.1, 0.15) is 5.82 Å². The van der Waals surface area contributed by atoms with Gasteiger partial charge in [0.05, 0.1) is 5.52 Å². The second kappa shape index (κ2) is 7.36. The smallest absolute Gasteiger partial charge is 0.222 e. The Morgan fingerprint density at radius 2 is 2.08 bits per heavy atom. The van der Waals surface area contributed by atoms with Crippen LogP contribution in [0.25, 0.3) is 10.9 Å². The molecule has 0 fully saturated rings. The Morgan fingerprint density at radius 3 is 2.73 bits per heavy atom. The SMILES string of the molecule is CCc1[nH]c2c(CNC(=O)C[C@H](C)n3ccnc3C)cc(C)cc2c1C. The fourth-order valence-electron chi connectivity index (χ4n) is 3.69. The topological polar surface area (TPSA) is 62.7 Å². The molecule has 0 bridgehead atoms. The van der Waals surface area contributed by atoms with Crippen molar-refractivity contribution in [3.8, 4) is 0 Å². The largest absolute Gasteiger partial charge is 0.358 e. The Labute approximate surface area is 154 Å². The van der Waals surface area contributed by atoms with E-state index in [0.717, 1.165) is 23.3 Å². The first-order chi connectivity index (χ1) is 12.4. The molecule has 1 amide bonds. The van der Waals surface area contributed by atoms with Crippen molar-refractivity contribution in [2.45, 2.75) is 60.0 Å². The lowest BCUT2D eigenvalue weighted by Gasteiger charge is -2.15. The van der Waals surface area contributed by atoms with E-state index in [9.17, 15) is 4.79 Å². The minimum Gasteiger partial charge on any atom is -0.358 e. The number of imidazole rings is 1. The molecule has 2 heterocycles. The molecule has 0 aliphatic carbocycles. The number of amides is 1. The van der Waals surface area contributed by atoms with E-state index < -0.39 is 0 Å². The predicted octanol–water partition coefficient (Wildman–Crippen LogP) is 4.12. The van der Waals surface area contributed by atoms with Crippen LogP contribution in [0.2, 0.25) is 0 Å². The molecule has 0 radical (unpaired) electrons. The Morgan fingerprint density at radius 1 is 1.31 bits per heavy atom. The highest BCUT2D eigenvalue weighted by Crippen LogP contribution is 2.26. The van der Waals surface area contributed by atoms with Crippen LogP contribution in [0.3, 0.4) is 0 Å². The number of benzene rings is 1. The van der Waals surface area contributed by atoms with Gasteiger partial charge in [-0.3, -0.25) is 4.79 Å². The number of nitrogens with one attached hydrogen (secondary N) is 2. The number of aryl methyl sites for hydroxylation is 4. The van der Waals surface area contributed by atoms with Gasteiger partial charge in [0.25, 0.3) is 0 Å². The van der Waals surface area contributed by atoms with Crippen molar-refractivity contribution in [1.29, 1.82) is 0 Å². The molecule has 3 rings (SSSR count). The molecule has 0 saturated carbocycles. The van der Waals surface area contributed by atoms with Crippen molar-refractivity contribution >= 4 is 16.8 Å². The van der Waals surface area contributed by atoms with E-state index in [-0.39, 0.29) is 11.9 Å². The molecule has 138 valence electrons. The quantitative estimate of drug-likeness (QED) is 0.701. The van der Waals surface area contributed by atoms with Gasteiger partial charge in [0.15, 0.2) is 0 Å². The van der Waals surface area contributed by atoms with Crippen LogP contribution in [0.5, 0.6) is 0 Å². The van der Waals surface area contributed by atoms with Gasteiger partial charge in [0.2, 0.25) is 5.91 Å². The molecule has 2 N–H and O–H groups in total. The highest BCUT2D eigenvalue weighted by atomic mass is 16.1. The summed E-state index contributed by atoms with van der Waals surface area (Å²) >= 11 is 0. The van der Waals surface area contributed by atoms with Gasteiger partial charge in [-0.1, -0.05) is 18.6 Å². The standard InChI is InChI=1S/C21H28N4O/c1-6-19-15(4)18-10-13(2)9-17(21(18)24-19)12-23-20(26)11-14(3)25-8-7-22-16(25)5/h7-10,14,24H,6,11-12H2,1-5H3,(H,23,26)/t14-/m0/s1. The molecule has 5 nitrogen and oxygen atoms in total. The molecule has 1 aromatic carbocycles. The van der Waals surface area contributed by atoms with E-state index in [1.54, 1.807) is 6.20 Å². The number of aromatic amines is 1. The molecule has 0 saturated heterocycles. The first kappa shape index (κ1) is 18.2. The molecule has 3 aromatic rings. The minimum atomic E-state index is 0.0549. The number of hydrogen-bond acceptors (Lipinski definition) is 2. The summed E-state index contributed by atoms with van der Waals surface area (Å²) in [6, 6.07) is 4.46. The van der Waals surface area contributed by atoms with Crippen LogP contribution in [-0.2, 0) is 17.8 Å². The molecule has 0 aliphatic heterocycles. The van der Waals surface area contributed by atoms with Gasteiger partial charge < -0.3 is 14.9 Å². The maximum Gasteiger partial charge on any atom is 0.222 e. The van der Waals surface area contributed by atoms with E-state index in [2.05, 4.69) is 48.2 Å². The molecular formula is C21H28N4O. The third-order valence-corrected chi connectivity index (χ3v) is 5.14. The van der Waals surface area contributed by atoms with Crippen LogP contribution in [-0.4, -0.2) is 20.4 Å². The summed E-state index contributed by atoms with van der Waals surface area (Å²) < 4.78 is 2.03. The molecular weight excluding hydrogens is 324 g/mol. The number of aromatic nitrogens is 3. The highest BCUT2D eigenvalue weighted by Gasteiger charge is 2.14. The number of carbonyl (C=O) groups is 1. The number of nitrogens with zero attached hydrogens (tertiary/aromatic N) is 2. The fraction of sp³-hybridized carbons (Fsp3) is 0.429. The number of rotatable bonds is 6. The third-order valence-electron chi connectivity index (χ3n) is 5.14. The molecule has 0 spiro atoms. The van der Waals surface area contributed by atoms with Crippen molar-refractivity contribution in [3.05, 3.63) is 52.7 Å². The lowest BCUT2D eigenvalue weighted by Crippen LogP contribution is -2.25. The fourth-order valence-corrected chi connectivity index (χ4v) is 3.69. The van der Waals surface area contributed by atoms with E-state index in [1.807, 2.05) is 24.6 Å². The maximum absolute atomic E-state index is 12.4. The summed E-state index contributed by atoms with van der Waals surface area (Å²) in [7, 11) is 0. The number of carbonyl (C=O) groups excluding carboxylic acids is 1. The van der Waals surface area contributed by atoms with Gasteiger partial charge in [-0.2, -0.15) is 0 Å². The van der Waals surface area contributed by atoms with Crippen LogP contribution in [0, 0.1) is 20.8 Å². The van der Waals surface area contributed by atoms with Crippen molar-refractivity contribution in [3.63, 3.8) is 0 Å². The normalized spacial score (nSPS) is 12.5. The summed E-state index contributed by atoms with van der Waals surface area (Å²) in [6.45, 7) is 11.0. The summed E-state index contributed by atoms with van der Waals surface area (Å²) in [5.41, 5.74) is 6.07. The Balaban J connectivity index is 1.73. The highest BCUT2D eigenvalue weighted by molar-refractivity contribution is 5.88. The third kappa shape index (κ3) is 3.52. The number of hydrogen-bond donors (Lipinski definition) is 2. The monoisotopic (exact) mass is 352 g/mol. The van der Waals surface area contributed by atoms with Gasteiger partial charge in [0, 0.05) is 42.5 Å². The van der Waals surface area contributed by atoms with Crippen LogP contribution in [0.15, 0.2) is 24.5 Å². The second-order valence-electron chi connectivity index (χ2n) is 7.14. The van der Waals surface area contributed by atoms with Gasteiger partial charge >= 0.3 is 0 Å². The van der Waals surface area contributed by atoms with Crippen LogP contribution < -0.4 is 5.32 Å². The first-order valence-electron chi connectivity index (χ1n) is 9.27. The molecule has 0 aliphatic rings. The summed E-state index contributed by atoms with van der Waals surface area (Å²) in [5.74, 6) is 0.985. The van der Waals surface area contributed by atoms with Crippen molar-refractivity contribution in [2.75, 3.05) is 0 Å². The van der Waals surface area contributed by atoms with Crippen LogP contribution >= 0.6 is 0 Å². The lowest BCUT2D eigenvalue weighted by atomic mass is 10.0. The van der Waals surface area contributed by atoms with E-state index in [0.29, 0.717) is 13.0 Å². The molecule has 26 heavy (non-hydrogen) atoms. The Kier molecular flexibility index (Phi) is 5.16. The van der Waals surface area contributed by atoms with E-state index in [4.69, 9.17) is 0 Å². The van der Waals surface area contributed by atoms with Gasteiger partial charge in [-0.15, -0.1) is 0 Å². The zero-order valence-electron chi connectivity index (χ0n) is 16.3. The van der Waals surface area contributed by atoms with Gasteiger partial charge in [-0.05, 0) is 51.3 Å². The van der Waals surface area contributed by atoms with E-state index >= 15 is 0 Å². The average molecular weight is 352 g/mol. The van der Waals surface area contributed by atoms with Crippen molar-refractivity contribution in [1.82, 2.24) is 19.9 Å². The zero-order valence-corrected chi connectivity index (χ0v) is 16.3. The number of fused-ring (bicyclic) bond motifs is 1.